The summed E-state index contributed by atoms with van der Waals surface area (Å²) in [6.45, 7) is 0.305. The summed E-state index contributed by atoms with van der Waals surface area (Å²) in [7, 11) is 0. The molecule has 4 heteroatoms. The van der Waals surface area contributed by atoms with Gasteiger partial charge in [-0.1, -0.05) is 6.42 Å². The average Bonchev–Trinajstić information content (AvgIpc) is 1.97. The van der Waals surface area contributed by atoms with Crippen molar-refractivity contribution in [2.45, 2.75) is 19.3 Å². The number of aliphatic hydroxyl groups is 1. The Labute approximate surface area is 70.6 Å². The lowest BCUT2D eigenvalue weighted by molar-refractivity contribution is 0.284. The smallest absolute Gasteiger partial charge is 0.0653 e. The van der Waals surface area contributed by atoms with Crippen molar-refractivity contribution >= 4 is 23.8 Å². The largest absolute Gasteiger partial charge is 0.396 e. The van der Waals surface area contributed by atoms with Crippen molar-refractivity contribution in [2.24, 2.45) is 0 Å². The molecular formula is C6H14O2S2. The number of hydrogen-bond acceptors (Lipinski definition) is 4. The van der Waals surface area contributed by atoms with E-state index in [0.717, 1.165) is 42.1 Å². The fourth-order valence-electron chi connectivity index (χ4n) is 0.589. The van der Waals surface area contributed by atoms with E-state index in [9.17, 15) is 0 Å². The summed E-state index contributed by atoms with van der Waals surface area (Å²) in [5.74, 6) is 1.09. The highest BCUT2D eigenvalue weighted by Gasteiger charge is 1.88. The summed E-state index contributed by atoms with van der Waals surface area (Å²) < 4.78 is 8.32. The summed E-state index contributed by atoms with van der Waals surface area (Å²) in [6, 6.07) is 0. The van der Waals surface area contributed by atoms with E-state index in [-0.39, 0.29) is 0 Å². The molecule has 0 heterocycles. The first-order valence-corrected chi connectivity index (χ1v) is 5.46. The second-order valence-corrected chi connectivity index (χ2v) is 3.96. The van der Waals surface area contributed by atoms with Crippen LogP contribution in [0.3, 0.4) is 0 Å². The van der Waals surface area contributed by atoms with E-state index in [1.807, 2.05) is 0 Å². The van der Waals surface area contributed by atoms with Gasteiger partial charge in [-0.05, 0) is 30.6 Å². The summed E-state index contributed by atoms with van der Waals surface area (Å²) in [4.78, 5) is 0. The normalized spacial score (nSPS) is 10.2. The van der Waals surface area contributed by atoms with Gasteiger partial charge in [0.15, 0.2) is 0 Å². The molecule has 0 amide bonds. The molecule has 0 fully saturated rings. The maximum Gasteiger partial charge on any atom is 0.0653 e. The van der Waals surface area contributed by atoms with Crippen LogP contribution in [-0.2, 0) is 0 Å². The molecule has 0 aromatic carbocycles. The van der Waals surface area contributed by atoms with Gasteiger partial charge < -0.3 is 9.66 Å². The minimum atomic E-state index is 0.305. The van der Waals surface area contributed by atoms with Crippen LogP contribution in [0.2, 0.25) is 0 Å². The van der Waals surface area contributed by atoms with Crippen LogP contribution in [0, 0.1) is 0 Å². The summed E-state index contributed by atoms with van der Waals surface area (Å²) in [6.07, 6.45) is 3.15. The van der Waals surface area contributed by atoms with Gasteiger partial charge >= 0.3 is 0 Å². The molecule has 2 N–H and O–H groups in total. The summed E-state index contributed by atoms with van der Waals surface area (Å²) in [5.41, 5.74) is 0. The van der Waals surface area contributed by atoms with E-state index < -0.39 is 0 Å². The van der Waals surface area contributed by atoms with Crippen molar-refractivity contribution < 1.29 is 9.66 Å². The first-order chi connectivity index (χ1) is 4.91. The molecule has 0 aliphatic carbocycles. The Hall–Kier alpha value is 0.620. The van der Waals surface area contributed by atoms with Crippen LogP contribution in [0.25, 0.3) is 0 Å². The molecule has 10 heavy (non-hydrogen) atoms. The standard InChI is InChI=1S/C6H14O2S2/c7-4-2-1-3-5-9-6-10-8/h7-8H,1-6H2. The van der Waals surface area contributed by atoms with Gasteiger partial charge in [-0.15, -0.1) is 11.8 Å². The predicted molar refractivity (Wildman–Crippen MR) is 48.5 cm³/mol. The van der Waals surface area contributed by atoms with Gasteiger partial charge in [0.05, 0.1) is 5.08 Å². The highest BCUT2D eigenvalue weighted by molar-refractivity contribution is 8.13. The van der Waals surface area contributed by atoms with Crippen LogP contribution in [0.5, 0.6) is 0 Å². The molecular weight excluding hydrogens is 168 g/mol. The zero-order chi connectivity index (χ0) is 7.66. The van der Waals surface area contributed by atoms with E-state index in [4.69, 9.17) is 9.66 Å². The first kappa shape index (κ1) is 10.6. The Bertz CT molecular complexity index is 53.7. The zero-order valence-corrected chi connectivity index (χ0v) is 7.59. The van der Waals surface area contributed by atoms with Crippen LogP contribution < -0.4 is 0 Å². The maximum atomic E-state index is 8.42. The lowest BCUT2D eigenvalue weighted by atomic mass is 10.3. The molecule has 0 spiro atoms. The van der Waals surface area contributed by atoms with Crippen molar-refractivity contribution in [2.75, 3.05) is 17.4 Å². The fourth-order valence-corrected chi connectivity index (χ4v) is 1.77. The van der Waals surface area contributed by atoms with Gasteiger partial charge in [-0.25, -0.2) is 0 Å². The highest BCUT2D eigenvalue weighted by atomic mass is 32.2. The minimum Gasteiger partial charge on any atom is -0.396 e. The molecule has 0 saturated heterocycles. The zero-order valence-electron chi connectivity index (χ0n) is 5.95. The van der Waals surface area contributed by atoms with Crippen molar-refractivity contribution in [3.05, 3.63) is 0 Å². The van der Waals surface area contributed by atoms with E-state index in [0.29, 0.717) is 6.61 Å². The highest BCUT2D eigenvalue weighted by Crippen LogP contribution is 2.10. The quantitative estimate of drug-likeness (QED) is 0.359. The third-order valence-corrected chi connectivity index (χ3v) is 2.75. The number of thioether (sulfide) groups is 1. The van der Waals surface area contributed by atoms with Crippen LogP contribution in [-0.4, -0.2) is 27.1 Å². The molecule has 62 valence electrons. The maximum absolute atomic E-state index is 8.42. The molecule has 0 radical (unpaired) electrons. The predicted octanol–water partition coefficient (Wildman–Crippen LogP) is 2.05. The average molecular weight is 182 g/mol. The lowest BCUT2D eigenvalue weighted by Gasteiger charge is -1.96. The molecule has 0 aromatic heterocycles. The van der Waals surface area contributed by atoms with Crippen molar-refractivity contribution in [3.8, 4) is 0 Å². The second-order valence-electron chi connectivity index (χ2n) is 1.94. The molecule has 0 unspecified atom stereocenters. The van der Waals surface area contributed by atoms with Crippen LogP contribution in [0.1, 0.15) is 19.3 Å². The fraction of sp³-hybridized carbons (Fsp3) is 1.00. The Morgan fingerprint density at radius 2 is 1.90 bits per heavy atom. The van der Waals surface area contributed by atoms with Gasteiger partial charge in [-0.2, -0.15) is 0 Å². The Balaban J connectivity index is 2.65. The topological polar surface area (TPSA) is 40.5 Å². The monoisotopic (exact) mass is 182 g/mol. The van der Waals surface area contributed by atoms with E-state index in [1.165, 1.54) is 0 Å². The van der Waals surface area contributed by atoms with Crippen LogP contribution >= 0.6 is 23.8 Å². The molecule has 2 nitrogen and oxygen atoms in total. The SMILES string of the molecule is OCCCCCSCSO. The Morgan fingerprint density at radius 3 is 2.50 bits per heavy atom. The molecule has 0 atom stereocenters. The molecule has 0 aromatic rings. The third kappa shape index (κ3) is 8.62. The second kappa shape index (κ2) is 9.62. The minimum absolute atomic E-state index is 0.305. The molecule has 0 aliphatic heterocycles. The summed E-state index contributed by atoms with van der Waals surface area (Å²) in [5, 5.41) is 9.18. The Morgan fingerprint density at radius 1 is 1.10 bits per heavy atom. The van der Waals surface area contributed by atoms with Crippen LogP contribution in [0.15, 0.2) is 0 Å². The first-order valence-electron chi connectivity index (χ1n) is 3.36. The number of aliphatic hydroxyl groups excluding tert-OH is 1. The van der Waals surface area contributed by atoms with Gasteiger partial charge in [-0.3, -0.25) is 0 Å². The van der Waals surface area contributed by atoms with Gasteiger partial charge in [0.2, 0.25) is 0 Å². The van der Waals surface area contributed by atoms with Gasteiger partial charge in [0.25, 0.3) is 0 Å². The lowest BCUT2D eigenvalue weighted by Crippen LogP contribution is -1.85. The molecule has 0 rings (SSSR count). The number of hydrogen-bond donors (Lipinski definition) is 2. The van der Waals surface area contributed by atoms with E-state index in [2.05, 4.69) is 0 Å². The van der Waals surface area contributed by atoms with Gasteiger partial charge in [0, 0.05) is 6.61 Å². The van der Waals surface area contributed by atoms with Crippen molar-refractivity contribution in [1.82, 2.24) is 0 Å². The molecule has 0 aliphatic rings. The van der Waals surface area contributed by atoms with E-state index in [1.54, 1.807) is 11.8 Å². The van der Waals surface area contributed by atoms with Crippen LogP contribution in [0.4, 0.5) is 0 Å². The van der Waals surface area contributed by atoms with Gasteiger partial charge in [0.1, 0.15) is 0 Å². The Kier molecular flexibility index (Phi) is 10.2. The van der Waals surface area contributed by atoms with Crippen molar-refractivity contribution in [3.63, 3.8) is 0 Å². The summed E-state index contributed by atoms with van der Waals surface area (Å²) >= 11 is 2.61. The number of unbranched alkanes of at least 4 members (excludes halogenated alkanes) is 2. The number of rotatable bonds is 7. The molecule has 0 bridgehead atoms. The third-order valence-electron chi connectivity index (χ3n) is 1.08. The van der Waals surface area contributed by atoms with Crippen molar-refractivity contribution in [1.29, 1.82) is 0 Å². The molecule has 0 saturated carbocycles. The van der Waals surface area contributed by atoms with E-state index >= 15 is 0 Å².